The van der Waals surface area contributed by atoms with Gasteiger partial charge in [-0.3, -0.25) is 14.4 Å². The van der Waals surface area contributed by atoms with Gasteiger partial charge in [-0.05, 0) is 70.6 Å². The van der Waals surface area contributed by atoms with Crippen LogP contribution >= 0.6 is 0 Å². The Kier molecular flexibility index (Phi) is 63.6. The minimum Gasteiger partial charge on any atom is -0.462 e. The molecule has 0 aliphatic carbocycles. The number of unbranched alkanes of at least 4 members (excludes halogenated alkanes) is 49. The van der Waals surface area contributed by atoms with Crippen molar-refractivity contribution in [2.75, 3.05) is 13.2 Å². The lowest BCUT2D eigenvalue weighted by atomic mass is 10.0. The van der Waals surface area contributed by atoms with Gasteiger partial charge in [0.25, 0.3) is 0 Å². The summed E-state index contributed by atoms with van der Waals surface area (Å²) >= 11 is 0. The molecule has 1 atom stereocenters. The number of ether oxygens (including phenoxy) is 3. The van der Waals surface area contributed by atoms with Crippen LogP contribution in [0.25, 0.3) is 0 Å². The molecule has 6 nitrogen and oxygen atoms in total. The van der Waals surface area contributed by atoms with Crippen LogP contribution in [-0.2, 0) is 28.6 Å². The fourth-order valence-corrected chi connectivity index (χ4v) is 10.5. The van der Waals surface area contributed by atoms with Gasteiger partial charge in [0.15, 0.2) is 6.10 Å². The van der Waals surface area contributed by atoms with Crippen LogP contribution in [0.2, 0.25) is 0 Å². The van der Waals surface area contributed by atoms with E-state index in [1.807, 2.05) is 0 Å². The van der Waals surface area contributed by atoms with Gasteiger partial charge in [0.05, 0.1) is 0 Å². The zero-order chi connectivity index (χ0) is 55.0. The predicted molar refractivity (Wildman–Crippen MR) is 330 cm³/mol. The molecule has 0 fully saturated rings. The molecule has 448 valence electrons. The second-order valence-corrected chi connectivity index (χ2v) is 23.4. The van der Waals surface area contributed by atoms with E-state index in [-0.39, 0.29) is 31.1 Å². The van der Waals surface area contributed by atoms with Crippen molar-refractivity contribution in [1.82, 2.24) is 0 Å². The van der Waals surface area contributed by atoms with Crippen molar-refractivity contribution in [3.05, 3.63) is 24.3 Å². The van der Waals surface area contributed by atoms with E-state index in [0.29, 0.717) is 19.3 Å². The molecule has 0 heterocycles. The molecule has 0 spiro atoms. The maximum absolute atomic E-state index is 12.9. The van der Waals surface area contributed by atoms with Crippen LogP contribution in [-0.4, -0.2) is 37.2 Å². The smallest absolute Gasteiger partial charge is 0.306 e. The second kappa shape index (κ2) is 65.4. The minimum atomic E-state index is -0.773. The topological polar surface area (TPSA) is 78.9 Å². The number of carbonyl (C=O) groups is 3. The molecule has 0 aliphatic heterocycles. The first-order valence-corrected chi connectivity index (χ1v) is 34.3. The van der Waals surface area contributed by atoms with Crippen molar-refractivity contribution in [2.45, 2.75) is 393 Å². The molecule has 0 rings (SSSR count). The zero-order valence-corrected chi connectivity index (χ0v) is 51.6. The number of allylic oxidation sites excluding steroid dienone is 4. The normalized spacial score (nSPS) is 12.1. The van der Waals surface area contributed by atoms with Gasteiger partial charge in [-0.1, -0.05) is 321 Å². The molecule has 0 bridgehead atoms. The highest BCUT2D eigenvalue weighted by molar-refractivity contribution is 5.71. The van der Waals surface area contributed by atoms with Gasteiger partial charge < -0.3 is 14.2 Å². The Balaban J connectivity index is 4.27. The van der Waals surface area contributed by atoms with Crippen LogP contribution in [0.3, 0.4) is 0 Å². The molecule has 0 saturated heterocycles. The van der Waals surface area contributed by atoms with Gasteiger partial charge in [0.2, 0.25) is 0 Å². The van der Waals surface area contributed by atoms with Crippen molar-refractivity contribution in [3.8, 4) is 0 Å². The number of hydrogen-bond donors (Lipinski definition) is 0. The third-order valence-electron chi connectivity index (χ3n) is 15.7. The van der Waals surface area contributed by atoms with Crippen LogP contribution in [0.15, 0.2) is 24.3 Å². The average Bonchev–Trinajstić information content (AvgIpc) is 3.42. The maximum atomic E-state index is 12.9. The molecule has 0 saturated carbocycles. The van der Waals surface area contributed by atoms with Crippen molar-refractivity contribution in [3.63, 3.8) is 0 Å². The van der Waals surface area contributed by atoms with Crippen molar-refractivity contribution < 1.29 is 28.6 Å². The Bertz CT molecular complexity index is 1230. The van der Waals surface area contributed by atoms with Gasteiger partial charge in [-0.25, -0.2) is 0 Å². The Morgan fingerprint density at radius 2 is 0.434 bits per heavy atom. The molecule has 0 aromatic rings. The quantitative estimate of drug-likeness (QED) is 0.0261. The van der Waals surface area contributed by atoms with E-state index in [4.69, 9.17) is 14.2 Å². The molecule has 0 aromatic heterocycles. The summed E-state index contributed by atoms with van der Waals surface area (Å²) in [6.07, 6.45) is 79.1. The third-order valence-corrected chi connectivity index (χ3v) is 15.7. The molecule has 0 amide bonds. The van der Waals surface area contributed by atoms with E-state index in [1.54, 1.807) is 0 Å². The molecule has 0 aliphatic rings. The monoisotopic (exact) mass is 1070 g/mol. The fourth-order valence-electron chi connectivity index (χ4n) is 10.5. The SMILES string of the molecule is CCCCCCCC/C=C\CCCCCCCCCC(=O)OCC(COC(=O)CCCCCCCCCCCCCCCCCCCCCCCCCC)OC(=O)CCCCCCCCC/C=C\CCCCCCCC. The molecular formula is C70H132O6. The molecule has 0 aromatic carbocycles. The van der Waals surface area contributed by atoms with Crippen molar-refractivity contribution in [2.24, 2.45) is 0 Å². The Morgan fingerprint density at radius 3 is 0.658 bits per heavy atom. The van der Waals surface area contributed by atoms with Crippen LogP contribution in [0.5, 0.6) is 0 Å². The Labute approximate surface area is 474 Å². The van der Waals surface area contributed by atoms with Gasteiger partial charge in [-0.15, -0.1) is 0 Å². The summed E-state index contributed by atoms with van der Waals surface area (Å²) in [5.74, 6) is -0.848. The maximum Gasteiger partial charge on any atom is 0.306 e. The number of rotatable bonds is 64. The Hall–Kier alpha value is -2.11. The van der Waals surface area contributed by atoms with Gasteiger partial charge in [0.1, 0.15) is 13.2 Å². The van der Waals surface area contributed by atoms with Gasteiger partial charge >= 0.3 is 17.9 Å². The molecule has 0 N–H and O–H groups in total. The number of esters is 3. The molecular weight excluding hydrogens is 937 g/mol. The molecule has 6 heteroatoms. The highest BCUT2D eigenvalue weighted by atomic mass is 16.6. The summed E-state index contributed by atoms with van der Waals surface area (Å²) in [6.45, 7) is 6.70. The number of carbonyl (C=O) groups excluding carboxylic acids is 3. The highest BCUT2D eigenvalue weighted by Crippen LogP contribution is 2.18. The summed E-state index contributed by atoms with van der Waals surface area (Å²) in [5.41, 5.74) is 0. The summed E-state index contributed by atoms with van der Waals surface area (Å²) in [4.78, 5) is 38.4. The van der Waals surface area contributed by atoms with Gasteiger partial charge in [0, 0.05) is 19.3 Å². The first kappa shape index (κ1) is 73.9. The van der Waals surface area contributed by atoms with Crippen LogP contribution in [0.1, 0.15) is 387 Å². The summed E-state index contributed by atoms with van der Waals surface area (Å²) < 4.78 is 17.0. The minimum absolute atomic E-state index is 0.0690. The summed E-state index contributed by atoms with van der Waals surface area (Å²) in [6, 6.07) is 0. The first-order chi connectivity index (χ1) is 37.5. The standard InChI is InChI=1S/C70H132O6/c1-4-7-10-13-16-19-22-25-28-31-32-33-34-35-36-37-40-42-45-48-51-54-57-60-63-69(72)75-66-67(76-70(73)64-61-58-55-52-49-46-43-39-30-27-24-21-18-15-12-9-6-3)65-74-68(71)62-59-56-53-50-47-44-41-38-29-26-23-20-17-14-11-8-5-2/h26-27,29-30,67H,4-25,28,31-66H2,1-3H3/b29-26-,30-27-. The van der Waals surface area contributed by atoms with Crippen LogP contribution < -0.4 is 0 Å². The van der Waals surface area contributed by atoms with E-state index in [9.17, 15) is 14.4 Å². The molecule has 76 heavy (non-hydrogen) atoms. The fraction of sp³-hybridized carbons (Fsp3) is 0.900. The lowest BCUT2D eigenvalue weighted by molar-refractivity contribution is -0.167. The summed E-state index contributed by atoms with van der Waals surface area (Å²) in [5, 5.41) is 0. The lowest BCUT2D eigenvalue weighted by Crippen LogP contribution is -2.30. The largest absolute Gasteiger partial charge is 0.462 e. The zero-order valence-electron chi connectivity index (χ0n) is 51.6. The van der Waals surface area contributed by atoms with E-state index in [2.05, 4.69) is 45.1 Å². The van der Waals surface area contributed by atoms with E-state index in [0.717, 1.165) is 57.8 Å². The van der Waals surface area contributed by atoms with E-state index in [1.165, 1.54) is 289 Å². The van der Waals surface area contributed by atoms with Crippen molar-refractivity contribution in [1.29, 1.82) is 0 Å². The second-order valence-electron chi connectivity index (χ2n) is 23.4. The van der Waals surface area contributed by atoms with E-state index >= 15 is 0 Å². The lowest BCUT2D eigenvalue weighted by Gasteiger charge is -2.18. The Morgan fingerprint density at radius 1 is 0.250 bits per heavy atom. The average molecular weight is 1070 g/mol. The van der Waals surface area contributed by atoms with Crippen LogP contribution in [0, 0.1) is 0 Å². The highest BCUT2D eigenvalue weighted by Gasteiger charge is 2.19. The van der Waals surface area contributed by atoms with Gasteiger partial charge in [-0.2, -0.15) is 0 Å². The van der Waals surface area contributed by atoms with Crippen LogP contribution in [0.4, 0.5) is 0 Å². The van der Waals surface area contributed by atoms with E-state index < -0.39 is 6.10 Å². The molecule has 0 radical (unpaired) electrons. The predicted octanol–water partition coefficient (Wildman–Crippen LogP) is 23.4. The van der Waals surface area contributed by atoms with Crippen molar-refractivity contribution >= 4 is 17.9 Å². The summed E-state index contributed by atoms with van der Waals surface area (Å²) in [7, 11) is 0. The first-order valence-electron chi connectivity index (χ1n) is 34.3. The number of hydrogen-bond acceptors (Lipinski definition) is 6. The molecule has 1 unspecified atom stereocenters. The third kappa shape index (κ3) is 62.7.